The lowest BCUT2D eigenvalue weighted by molar-refractivity contribution is 0.0980. The van der Waals surface area contributed by atoms with Crippen LogP contribution < -0.4 is 5.32 Å². The summed E-state index contributed by atoms with van der Waals surface area (Å²) in [7, 11) is 1.89. The molecule has 0 unspecified atom stereocenters. The summed E-state index contributed by atoms with van der Waals surface area (Å²) in [5.41, 5.74) is 0.783. The van der Waals surface area contributed by atoms with Gasteiger partial charge in [0.2, 0.25) is 0 Å². The van der Waals surface area contributed by atoms with Crippen LogP contribution in [0.3, 0.4) is 0 Å². The molecule has 0 bridgehead atoms. The van der Waals surface area contributed by atoms with Gasteiger partial charge in [0, 0.05) is 24.4 Å². The maximum atomic E-state index is 11.3. The van der Waals surface area contributed by atoms with Crippen LogP contribution in [0.1, 0.15) is 23.2 Å². The van der Waals surface area contributed by atoms with Crippen LogP contribution in [0.25, 0.3) is 0 Å². The van der Waals surface area contributed by atoms with E-state index in [-0.39, 0.29) is 5.78 Å². The van der Waals surface area contributed by atoms with E-state index >= 15 is 0 Å². The zero-order valence-electron chi connectivity index (χ0n) is 7.26. The molecular weight excluding hydrogens is 152 g/mol. The van der Waals surface area contributed by atoms with Crippen molar-refractivity contribution in [3.05, 3.63) is 24.0 Å². The van der Waals surface area contributed by atoms with Crippen LogP contribution >= 0.6 is 0 Å². The highest BCUT2D eigenvalue weighted by molar-refractivity contribution is 5.95. The smallest absolute Gasteiger partial charge is 0.164 e. The van der Waals surface area contributed by atoms with Gasteiger partial charge in [-0.05, 0) is 26.1 Å². The SMILES string of the molecule is CNCCCC(=O)c1cc[nH]c1. The molecule has 0 fully saturated rings. The second-order valence-corrected chi connectivity index (χ2v) is 2.73. The molecule has 1 heterocycles. The fourth-order valence-electron chi connectivity index (χ4n) is 1.07. The van der Waals surface area contributed by atoms with Crippen LogP contribution in [0.15, 0.2) is 18.5 Å². The van der Waals surface area contributed by atoms with Gasteiger partial charge in [-0.2, -0.15) is 0 Å². The Morgan fingerprint density at radius 2 is 2.50 bits per heavy atom. The van der Waals surface area contributed by atoms with Crippen LogP contribution in [-0.4, -0.2) is 24.4 Å². The van der Waals surface area contributed by atoms with E-state index in [4.69, 9.17) is 0 Å². The molecule has 0 saturated heterocycles. The Bertz CT molecular complexity index is 229. The van der Waals surface area contributed by atoms with E-state index in [1.165, 1.54) is 0 Å². The largest absolute Gasteiger partial charge is 0.367 e. The van der Waals surface area contributed by atoms with Crippen LogP contribution in [-0.2, 0) is 0 Å². The molecule has 0 spiro atoms. The normalized spacial score (nSPS) is 10.1. The minimum atomic E-state index is 0.214. The molecule has 0 aliphatic heterocycles. The number of aromatic nitrogens is 1. The van der Waals surface area contributed by atoms with Gasteiger partial charge in [-0.25, -0.2) is 0 Å². The predicted octanol–water partition coefficient (Wildman–Crippen LogP) is 1.20. The number of H-pyrrole nitrogens is 1. The van der Waals surface area contributed by atoms with Crippen LogP contribution in [0.2, 0.25) is 0 Å². The van der Waals surface area contributed by atoms with E-state index < -0.39 is 0 Å². The molecule has 1 aromatic heterocycles. The second-order valence-electron chi connectivity index (χ2n) is 2.73. The molecule has 2 N–H and O–H groups in total. The Hall–Kier alpha value is -1.09. The topological polar surface area (TPSA) is 44.9 Å². The summed E-state index contributed by atoms with van der Waals surface area (Å²) >= 11 is 0. The van der Waals surface area contributed by atoms with Gasteiger partial charge in [0.05, 0.1) is 0 Å². The highest BCUT2D eigenvalue weighted by Gasteiger charge is 2.03. The van der Waals surface area contributed by atoms with Gasteiger partial charge in [0.25, 0.3) is 0 Å². The highest BCUT2D eigenvalue weighted by Crippen LogP contribution is 2.02. The molecule has 0 amide bonds. The Labute approximate surface area is 72.2 Å². The fourth-order valence-corrected chi connectivity index (χ4v) is 1.07. The highest BCUT2D eigenvalue weighted by atomic mass is 16.1. The molecule has 0 radical (unpaired) electrons. The first-order valence-corrected chi connectivity index (χ1v) is 4.15. The number of ketones is 1. The lowest BCUT2D eigenvalue weighted by atomic mass is 10.1. The Kier molecular flexibility index (Phi) is 3.54. The number of carbonyl (C=O) groups excluding carboxylic acids is 1. The monoisotopic (exact) mass is 166 g/mol. The summed E-state index contributed by atoms with van der Waals surface area (Å²) in [6, 6.07) is 1.81. The lowest BCUT2D eigenvalue weighted by Crippen LogP contribution is -2.09. The van der Waals surface area contributed by atoms with E-state index in [0.717, 1.165) is 18.5 Å². The Morgan fingerprint density at radius 3 is 3.08 bits per heavy atom. The lowest BCUT2D eigenvalue weighted by Gasteiger charge is -1.97. The van der Waals surface area contributed by atoms with Crippen molar-refractivity contribution in [2.75, 3.05) is 13.6 Å². The van der Waals surface area contributed by atoms with E-state index in [1.54, 1.807) is 12.4 Å². The number of Topliss-reactive ketones (excluding diaryl/α,β-unsaturated/α-hetero) is 1. The molecule has 0 saturated carbocycles. The summed E-state index contributed by atoms with van der Waals surface area (Å²) in [6.07, 6.45) is 5.03. The third kappa shape index (κ3) is 2.51. The number of rotatable bonds is 5. The van der Waals surface area contributed by atoms with Crippen LogP contribution in [0.5, 0.6) is 0 Å². The summed E-state index contributed by atoms with van der Waals surface area (Å²) in [6.45, 7) is 0.899. The van der Waals surface area contributed by atoms with Crippen LogP contribution in [0, 0.1) is 0 Å². The van der Waals surface area contributed by atoms with Gasteiger partial charge >= 0.3 is 0 Å². The zero-order valence-corrected chi connectivity index (χ0v) is 7.26. The quantitative estimate of drug-likeness (QED) is 0.510. The third-order valence-electron chi connectivity index (χ3n) is 1.75. The van der Waals surface area contributed by atoms with Gasteiger partial charge in [0.1, 0.15) is 0 Å². The van der Waals surface area contributed by atoms with Crippen molar-refractivity contribution in [1.82, 2.24) is 10.3 Å². The molecule has 0 atom stereocenters. The molecule has 66 valence electrons. The fraction of sp³-hybridized carbons (Fsp3) is 0.444. The van der Waals surface area contributed by atoms with Crippen molar-refractivity contribution < 1.29 is 4.79 Å². The first-order chi connectivity index (χ1) is 5.84. The Morgan fingerprint density at radius 1 is 1.67 bits per heavy atom. The van der Waals surface area contributed by atoms with Crippen molar-refractivity contribution in [2.45, 2.75) is 12.8 Å². The van der Waals surface area contributed by atoms with Gasteiger partial charge in [0.15, 0.2) is 5.78 Å². The second kappa shape index (κ2) is 4.72. The Balaban J connectivity index is 2.30. The number of hydrogen-bond acceptors (Lipinski definition) is 2. The van der Waals surface area contributed by atoms with Gasteiger partial charge in [-0.1, -0.05) is 0 Å². The predicted molar refractivity (Wildman–Crippen MR) is 48.3 cm³/mol. The number of carbonyl (C=O) groups is 1. The van der Waals surface area contributed by atoms with E-state index in [0.29, 0.717) is 6.42 Å². The van der Waals surface area contributed by atoms with Gasteiger partial charge < -0.3 is 10.3 Å². The first kappa shape index (κ1) is 9.00. The van der Waals surface area contributed by atoms with Crippen molar-refractivity contribution in [3.8, 4) is 0 Å². The van der Waals surface area contributed by atoms with E-state index in [1.807, 2.05) is 13.1 Å². The summed E-state index contributed by atoms with van der Waals surface area (Å²) in [4.78, 5) is 14.2. The summed E-state index contributed by atoms with van der Waals surface area (Å²) in [5.74, 6) is 0.214. The maximum absolute atomic E-state index is 11.3. The summed E-state index contributed by atoms with van der Waals surface area (Å²) < 4.78 is 0. The first-order valence-electron chi connectivity index (χ1n) is 4.15. The number of nitrogens with one attached hydrogen (secondary N) is 2. The van der Waals surface area contributed by atoms with Crippen LogP contribution in [0.4, 0.5) is 0 Å². The average Bonchev–Trinajstić information content (AvgIpc) is 2.56. The molecule has 1 rings (SSSR count). The molecular formula is C9H14N2O. The third-order valence-corrected chi connectivity index (χ3v) is 1.75. The standard InChI is InChI=1S/C9H14N2O/c1-10-5-2-3-9(12)8-4-6-11-7-8/h4,6-7,10-11H,2-3,5H2,1H3. The molecule has 0 aliphatic carbocycles. The van der Waals surface area contributed by atoms with Crippen molar-refractivity contribution in [1.29, 1.82) is 0 Å². The molecule has 0 aromatic carbocycles. The molecule has 3 nitrogen and oxygen atoms in total. The summed E-state index contributed by atoms with van der Waals surface area (Å²) in [5, 5.41) is 3.01. The van der Waals surface area contributed by atoms with Crippen molar-refractivity contribution in [2.24, 2.45) is 0 Å². The number of aromatic amines is 1. The maximum Gasteiger partial charge on any atom is 0.164 e. The molecule has 3 heteroatoms. The van der Waals surface area contributed by atoms with E-state index in [2.05, 4.69) is 10.3 Å². The molecule has 0 aliphatic rings. The molecule has 1 aromatic rings. The van der Waals surface area contributed by atoms with Gasteiger partial charge in [-0.15, -0.1) is 0 Å². The minimum absolute atomic E-state index is 0.214. The zero-order chi connectivity index (χ0) is 8.81. The molecule has 12 heavy (non-hydrogen) atoms. The number of hydrogen-bond donors (Lipinski definition) is 2. The van der Waals surface area contributed by atoms with Gasteiger partial charge in [-0.3, -0.25) is 4.79 Å². The average molecular weight is 166 g/mol. The van der Waals surface area contributed by atoms with Crippen molar-refractivity contribution >= 4 is 5.78 Å². The minimum Gasteiger partial charge on any atom is -0.367 e. The van der Waals surface area contributed by atoms with Crippen molar-refractivity contribution in [3.63, 3.8) is 0 Å². The van der Waals surface area contributed by atoms with E-state index in [9.17, 15) is 4.79 Å².